The summed E-state index contributed by atoms with van der Waals surface area (Å²) in [6, 6.07) is 12.6. The van der Waals surface area contributed by atoms with Crippen molar-refractivity contribution in [2.24, 2.45) is 0 Å². The Hall–Kier alpha value is -2.66. The highest BCUT2D eigenvalue weighted by Crippen LogP contribution is 2.36. The zero-order chi connectivity index (χ0) is 14.0. The average Bonchev–Trinajstić information content (AvgIpc) is 2.83. The summed E-state index contributed by atoms with van der Waals surface area (Å²) in [5, 5.41) is 4.74. The number of benzene rings is 2. The highest BCUT2D eigenvalue weighted by atomic mass is 32.1. The van der Waals surface area contributed by atoms with Gasteiger partial charge < -0.3 is 4.98 Å². The molecule has 0 radical (unpaired) electrons. The molecular weight excluding hydrogens is 280 g/mol. The van der Waals surface area contributed by atoms with Gasteiger partial charge in [-0.3, -0.25) is 0 Å². The van der Waals surface area contributed by atoms with E-state index in [4.69, 9.17) is 17.2 Å². The zero-order valence-corrected chi connectivity index (χ0v) is 11.6. The molecule has 0 saturated heterocycles. The topological polar surface area (TPSA) is 54.5 Å². The smallest absolute Gasteiger partial charge is 0.161 e. The van der Waals surface area contributed by atoms with Crippen molar-refractivity contribution in [1.29, 1.82) is 0 Å². The maximum atomic E-state index is 5.26. The first-order valence-corrected chi connectivity index (χ1v) is 7.01. The fraction of sp³-hybridized carbons (Fsp3) is 0. The van der Waals surface area contributed by atoms with Gasteiger partial charge in [-0.1, -0.05) is 48.6 Å². The lowest BCUT2D eigenvalue weighted by Crippen LogP contribution is -1.90. The molecule has 5 rings (SSSR count). The molecule has 2 heterocycles. The Balaban J connectivity index is 2.19. The van der Waals surface area contributed by atoms with Crippen LogP contribution >= 0.6 is 12.2 Å². The minimum absolute atomic E-state index is 0.474. The Kier molecular flexibility index (Phi) is 1.95. The van der Waals surface area contributed by atoms with Crippen LogP contribution in [0.15, 0.2) is 42.7 Å². The normalized spacial score (nSPS) is 12.0. The summed E-state index contributed by atoms with van der Waals surface area (Å²) in [5.74, 6) is 0. The molecule has 0 spiro atoms. The Morgan fingerprint density at radius 3 is 2.57 bits per heavy atom. The van der Waals surface area contributed by atoms with Gasteiger partial charge in [0.2, 0.25) is 0 Å². The van der Waals surface area contributed by atoms with Crippen molar-refractivity contribution in [2.45, 2.75) is 0 Å². The van der Waals surface area contributed by atoms with E-state index in [1.165, 1.54) is 17.1 Å². The van der Waals surface area contributed by atoms with Crippen molar-refractivity contribution in [1.82, 2.24) is 19.9 Å². The van der Waals surface area contributed by atoms with Crippen molar-refractivity contribution in [3.63, 3.8) is 0 Å². The molecule has 98 valence electrons. The summed E-state index contributed by atoms with van der Waals surface area (Å²) in [6.45, 7) is 0. The summed E-state index contributed by atoms with van der Waals surface area (Å²) in [5.41, 5.74) is 3.26. The third-order valence-electron chi connectivity index (χ3n) is 3.92. The molecule has 0 aliphatic heterocycles. The van der Waals surface area contributed by atoms with E-state index >= 15 is 0 Å². The maximum Gasteiger partial charge on any atom is 0.161 e. The third-order valence-corrected chi connectivity index (χ3v) is 4.22. The van der Waals surface area contributed by atoms with Gasteiger partial charge in [-0.25, -0.2) is 15.0 Å². The lowest BCUT2D eigenvalue weighted by atomic mass is 10.1. The molecule has 0 saturated carbocycles. The first kappa shape index (κ1) is 11.0. The van der Waals surface area contributed by atoms with Gasteiger partial charge in [-0.2, -0.15) is 0 Å². The van der Waals surface area contributed by atoms with Gasteiger partial charge in [0.15, 0.2) is 10.3 Å². The Bertz CT molecular complexity index is 1200. The molecule has 0 unspecified atom stereocenters. The zero-order valence-electron chi connectivity index (χ0n) is 10.8. The van der Waals surface area contributed by atoms with Gasteiger partial charge >= 0.3 is 0 Å². The summed E-state index contributed by atoms with van der Waals surface area (Å²) in [4.78, 5) is 16.4. The molecule has 5 aromatic rings. The Morgan fingerprint density at radius 2 is 1.71 bits per heavy atom. The Morgan fingerprint density at radius 1 is 0.905 bits per heavy atom. The molecule has 0 atom stereocenters. The minimum atomic E-state index is 0.474. The maximum absolute atomic E-state index is 5.26. The number of rotatable bonds is 0. The van der Waals surface area contributed by atoms with E-state index < -0.39 is 0 Å². The number of hydrogen-bond acceptors (Lipinski definition) is 4. The monoisotopic (exact) mass is 288 g/mol. The number of fused-ring (bicyclic) bond motifs is 4. The highest BCUT2D eigenvalue weighted by molar-refractivity contribution is 7.71. The molecular formula is C16H8N4S. The van der Waals surface area contributed by atoms with Gasteiger partial charge in [0.25, 0.3) is 0 Å². The van der Waals surface area contributed by atoms with E-state index in [2.05, 4.69) is 51.4 Å². The van der Waals surface area contributed by atoms with Crippen LogP contribution < -0.4 is 0 Å². The van der Waals surface area contributed by atoms with Crippen LogP contribution in [-0.4, -0.2) is 19.9 Å². The van der Waals surface area contributed by atoms with Gasteiger partial charge in [-0.05, 0) is 5.39 Å². The van der Waals surface area contributed by atoms with Gasteiger partial charge in [0, 0.05) is 16.2 Å². The number of aromatic amines is 1. The van der Waals surface area contributed by atoms with Crippen LogP contribution in [0.4, 0.5) is 0 Å². The molecule has 1 N–H and O–H groups in total. The number of aromatic nitrogens is 4. The predicted molar refractivity (Wildman–Crippen MR) is 86.2 cm³/mol. The van der Waals surface area contributed by atoms with Crippen molar-refractivity contribution in [3.8, 4) is 0 Å². The minimum Gasteiger partial charge on any atom is -0.336 e. The lowest BCUT2D eigenvalue weighted by molar-refractivity contribution is 1.16. The molecule has 0 fully saturated rings. The van der Waals surface area contributed by atoms with Gasteiger partial charge in [0.05, 0.1) is 11.0 Å². The van der Waals surface area contributed by atoms with Crippen LogP contribution in [0.1, 0.15) is 0 Å². The van der Waals surface area contributed by atoms with Crippen molar-refractivity contribution < 1.29 is 0 Å². The largest absolute Gasteiger partial charge is 0.336 e. The molecule has 3 aromatic carbocycles. The molecule has 21 heavy (non-hydrogen) atoms. The van der Waals surface area contributed by atoms with Gasteiger partial charge in [-0.15, -0.1) is 0 Å². The summed E-state index contributed by atoms with van der Waals surface area (Å²) < 4.78 is 0.474. The number of nitrogens with zero attached hydrogens (tertiary/aromatic N) is 3. The first-order valence-electron chi connectivity index (χ1n) is 6.60. The second-order valence-electron chi connectivity index (χ2n) is 5.05. The van der Waals surface area contributed by atoms with Crippen LogP contribution in [0.2, 0.25) is 0 Å². The van der Waals surface area contributed by atoms with Crippen LogP contribution in [0, 0.1) is 4.64 Å². The summed E-state index contributed by atoms with van der Waals surface area (Å²) >= 11 is 5.26. The summed E-state index contributed by atoms with van der Waals surface area (Å²) in [6.07, 6.45) is 1.47. The fourth-order valence-electron chi connectivity index (χ4n) is 3.04. The first-order chi connectivity index (χ1) is 10.3. The lowest BCUT2D eigenvalue weighted by Gasteiger charge is -1.98. The average molecular weight is 288 g/mol. The van der Waals surface area contributed by atoms with E-state index in [0.717, 1.165) is 21.8 Å². The molecule has 0 aliphatic carbocycles. The van der Waals surface area contributed by atoms with Crippen molar-refractivity contribution >= 4 is 56.0 Å². The van der Waals surface area contributed by atoms with Crippen LogP contribution in [-0.2, 0) is 0 Å². The van der Waals surface area contributed by atoms with Crippen molar-refractivity contribution in [2.75, 3.05) is 0 Å². The van der Waals surface area contributed by atoms with Crippen LogP contribution in [0.25, 0.3) is 43.7 Å². The van der Waals surface area contributed by atoms with E-state index in [0.29, 0.717) is 15.8 Å². The highest BCUT2D eigenvalue weighted by Gasteiger charge is 2.14. The number of H-pyrrole nitrogens is 1. The van der Waals surface area contributed by atoms with Crippen LogP contribution in [0.3, 0.4) is 0 Å². The fourth-order valence-corrected chi connectivity index (χ4v) is 3.23. The second kappa shape index (κ2) is 3.71. The standard InChI is InChI=1S/C16H8N4S/c21-16-14-15(17-7-18-16)20-13-10-6-2-4-8-3-1-5-9(11(8)10)12(13)19-14/h1-7H,(H,17,18,20,21). The molecule has 0 amide bonds. The quantitative estimate of drug-likeness (QED) is 0.438. The van der Waals surface area contributed by atoms with E-state index in [-0.39, 0.29) is 0 Å². The number of hydrogen-bond donors (Lipinski definition) is 1. The second-order valence-corrected chi connectivity index (χ2v) is 5.43. The van der Waals surface area contributed by atoms with Crippen LogP contribution in [0.5, 0.6) is 0 Å². The SMILES string of the molecule is S=c1ncnc2[nH]c3c4cccc5cccc(c3nc12)c54. The summed E-state index contributed by atoms with van der Waals surface area (Å²) in [7, 11) is 0. The van der Waals surface area contributed by atoms with E-state index in [9.17, 15) is 0 Å². The Labute approximate surface area is 123 Å². The molecule has 4 nitrogen and oxygen atoms in total. The third kappa shape index (κ3) is 1.33. The molecule has 5 heteroatoms. The molecule has 0 bridgehead atoms. The predicted octanol–water partition coefficient (Wildman–Crippen LogP) is 3.98. The van der Waals surface area contributed by atoms with E-state index in [1.807, 2.05) is 0 Å². The molecule has 0 aliphatic rings. The molecule has 2 aromatic heterocycles. The van der Waals surface area contributed by atoms with Gasteiger partial charge in [0.1, 0.15) is 11.8 Å². The number of nitrogens with one attached hydrogen (secondary N) is 1. The van der Waals surface area contributed by atoms with Crippen molar-refractivity contribution in [3.05, 3.63) is 47.4 Å². The van der Waals surface area contributed by atoms with E-state index in [1.54, 1.807) is 0 Å².